The summed E-state index contributed by atoms with van der Waals surface area (Å²) in [6, 6.07) is 0. The van der Waals surface area contributed by atoms with Gasteiger partial charge >= 0.3 is 11.4 Å². The van der Waals surface area contributed by atoms with Crippen LogP contribution in [0.3, 0.4) is 0 Å². The van der Waals surface area contributed by atoms with Crippen LogP contribution in [-0.4, -0.2) is 39.9 Å². The van der Waals surface area contributed by atoms with Crippen molar-refractivity contribution in [3.8, 4) is 0 Å². The van der Waals surface area contributed by atoms with Crippen molar-refractivity contribution >= 4 is 22.3 Å². The van der Waals surface area contributed by atoms with E-state index in [0.717, 1.165) is 5.82 Å². The standard InChI is InChI=1S/C18H22N8O2/c1-17(2,3)13-22-10-8(21-16(28)26-12(10)24-13)6-18(4,5)14-20-9-7-19-15(27)25-11(9)23-14/h7H,6H2,1-5H3,(H2,19,20,23,25,27)(H2,21,22,24,26,28). The van der Waals surface area contributed by atoms with Crippen molar-refractivity contribution in [2.24, 2.45) is 0 Å². The van der Waals surface area contributed by atoms with E-state index in [2.05, 4.69) is 39.9 Å². The summed E-state index contributed by atoms with van der Waals surface area (Å²) in [6.45, 7) is 10.1. The number of hydrogen-bond acceptors (Lipinski definition) is 6. The number of fused-ring (bicyclic) bond motifs is 2. The van der Waals surface area contributed by atoms with Crippen molar-refractivity contribution in [1.29, 1.82) is 0 Å². The van der Waals surface area contributed by atoms with E-state index >= 15 is 0 Å². The number of nitrogens with one attached hydrogen (secondary N) is 4. The van der Waals surface area contributed by atoms with Crippen LogP contribution in [0.15, 0.2) is 15.8 Å². The van der Waals surface area contributed by atoms with Crippen LogP contribution in [0, 0.1) is 0 Å². The number of hydrogen-bond donors (Lipinski definition) is 4. The van der Waals surface area contributed by atoms with Gasteiger partial charge in [-0.15, -0.1) is 0 Å². The molecule has 0 fully saturated rings. The van der Waals surface area contributed by atoms with Gasteiger partial charge in [0.05, 0.1) is 0 Å². The van der Waals surface area contributed by atoms with Crippen molar-refractivity contribution in [2.75, 3.05) is 0 Å². The Bertz CT molecular complexity index is 1300. The van der Waals surface area contributed by atoms with Crippen molar-refractivity contribution in [3.63, 3.8) is 0 Å². The number of aromatic nitrogens is 8. The van der Waals surface area contributed by atoms with E-state index in [1.807, 2.05) is 34.6 Å². The summed E-state index contributed by atoms with van der Waals surface area (Å²) >= 11 is 0. The summed E-state index contributed by atoms with van der Waals surface area (Å²) < 4.78 is 0. The smallest absolute Gasteiger partial charge is 0.339 e. The first-order valence-electron chi connectivity index (χ1n) is 8.98. The van der Waals surface area contributed by atoms with Crippen LogP contribution in [0.2, 0.25) is 0 Å². The average molecular weight is 382 g/mol. The number of imidazole rings is 2. The Morgan fingerprint density at radius 2 is 1.61 bits per heavy atom. The second kappa shape index (κ2) is 5.85. The van der Waals surface area contributed by atoms with Gasteiger partial charge in [-0.2, -0.15) is 9.97 Å². The van der Waals surface area contributed by atoms with E-state index in [1.54, 1.807) is 0 Å². The molecule has 10 nitrogen and oxygen atoms in total. The van der Waals surface area contributed by atoms with Gasteiger partial charge in [-0.1, -0.05) is 34.6 Å². The molecular formula is C18H22N8O2. The molecule has 0 amide bonds. The Labute approximate surface area is 159 Å². The lowest BCUT2D eigenvalue weighted by atomic mass is 9.86. The van der Waals surface area contributed by atoms with Crippen molar-refractivity contribution in [2.45, 2.75) is 51.9 Å². The summed E-state index contributed by atoms with van der Waals surface area (Å²) in [7, 11) is 0. The molecule has 0 saturated carbocycles. The highest BCUT2D eigenvalue weighted by Crippen LogP contribution is 2.29. The molecule has 0 saturated heterocycles. The van der Waals surface area contributed by atoms with E-state index < -0.39 is 16.8 Å². The molecule has 4 heterocycles. The van der Waals surface area contributed by atoms with Crippen LogP contribution in [0.5, 0.6) is 0 Å². The minimum Gasteiger partial charge on any atom is -0.339 e. The van der Waals surface area contributed by atoms with E-state index in [4.69, 9.17) is 0 Å². The summed E-state index contributed by atoms with van der Waals surface area (Å²) in [4.78, 5) is 52.2. The zero-order valence-corrected chi connectivity index (χ0v) is 16.4. The first-order valence-corrected chi connectivity index (χ1v) is 8.98. The van der Waals surface area contributed by atoms with Crippen molar-refractivity contribution in [3.05, 3.63) is 44.5 Å². The monoisotopic (exact) mass is 382 g/mol. The Kier molecular flexibility index (Phi) is 3.78. The van der Waals surface area contributed by atoms with Crippen LogP contribution in [-0.2, 0) is 17.3 Å². The molecule has 0 radical (unpaired) electrons. The van der Waals surface area contributed by atoms with Gasteiger partial charge in [0.2, 0.25) is 0 Å². The lowest BCUT2D eigenvalue weighted by Crippen LogP contribution is -2.25. The zero-order valence-electron chi connectivity index (χ0n) is 16.4. The molecule has 0 atom stereocenters. The fourth-order valence-corrected chi connectivity index (χ4v) is 3.13. The van der Waals surface area contributed by atoms with Gasteiger partial charge in [-0.25, -0.2) is 19.6 Å². The molecule has 28 heavy (non-hydrogen) atoms. The molecule has 0 aliphatic rings. The largest absolute Gasteiger partial charge is 0.347 e. The number of rotatable bonds is 3. The molecule has 0 bridgehead atoms. The van der Waals surface area contributed by atoms with Gasteiger partial charge in [-0.3, -0.25) is 0 Å². The quantitative estimate of drug-likeness (QED) is 0.421. The zero-order chi connectivity index (χ0) is 20.3. The predicted molar refractivity (Wildman–Crippen MR) is 104 cm³/mol. The Morgan fingerprint density at radius 3 is 2.32 bits per heavy atom. The lowest BCUT2D eigenvalue weighted by molar-refractivity contribution is 0.488. The van der Waals surface area contributed by atoms with Crippen molar-refractivity contribution < 1.29 is 0 Å². The molecule has 4 rings (SSSR count). The van der Waals surface area contributed by atoms with Gasteiger partial charge in [0, 0.05) is 29.1 Å². The van der Waals surface area contributed by atoms with E-state index in [1.165, 1.54) is 6.20 Å². The fraction of sp³-hybridized carbons (Fsp3) is 0.444. The van der Waals surface area contributed by atoms with E-state index in [9.17, 15) is 9.59 Å². The molecule has 4 aromatic heterocycles. The average Bonchev–Trinajstić information content (AvgIpc) is 3.17. The second-order valence-electron chi connectivity index (χ2n) is 8.64. The van der Waals surface area contributed by atoms with E-state index in [0.29, 0.717) is 40.3 Å². The SMILES string of the molecule is CC(C)(C)c1nc2nc(=O)[nH]c(CC(C)(C)c3nc4c[nH]c(=O)nc4[nH]3)c2[nH]1. The summed E-state index contributed by atoms with van der Waals surface area (Å²) in [5, 5.41) is 0. The topological polar surface area (TPSA) is 149 Å². The van der Waals surface area contributed by atoms with Gasteiger partial charge in [-0.05, 0) is 0 Å². The van der Waals surface area contributed by atoms with Gasteiger partial charge in [0.15, 0.2) is 11.3 Å². The molecule has 4 aromatic rings. The maximum atomic E-state index is 12.1. The molecule has 0 unspecified atom stereocenters. The highest BCUT2D eigenvalue weighted by atomic mass is 16.1. The molecule has 0 aliphatic heterocycles. The van der Waals surface area contributed by atoms with Crippen LogP contribution in [0.25, 0.3) is 22.3 Å². The maximum absolute atomic E-state index is 12.1. The van der Waals surface area contributed by atoms with Crippen LogP contribution < -0.4 is 11.4 Å². The first-order chi connectivity index (χ1) is 13.0. The predicted octanol–water partition coefficient (Wildman–Crippen LogP) is 1.42. The third kappa shape index (κ3) is 3.10. The van der Waals surface area contributed by atoms with Crippen molar-refractivity contribution in [1.82, 2.24) is 39.9 Å². The minimum atomic E-state index is -0.478. The highest BCUT2D eigenvalue weighted by Gasteiger charge is 2.28. The number of nitrogens with zero attached hydrogens (tertiary/aromatic N) is 4. The molecule has 0 aromatic carbocycles. The molecule has 4 N–H and O–H groups in total. The molecular weight excluding hydrogens is 360 g/mol. The summed E-state index contributed by atoms with van der Waals surface area (Å²) in [6.07, 6.45) is 2.00. The minimum absolute atomic E-state index is 0.201. The second-order valence-corrected chi connectivity index (χ2v) is 8.64. The maximum Gasteiger partial charge on any atom is 0.347 e. The molecule has 0 spiro atoms. The Hall–Kier alpha value is -3.30. The van der Waals surface area contributed by atoms with Crippen LogP contribution in [0.1, 0.15) is 52.0 Å². The van der Waals surface area contributed by atoms with Gasteiger partial charge < -0.3 is 19.9 Å². The third-order valence-electron chi connectivity index (χ3n) is 4.68. The van der Waals surface area contributed by atoms with Gasteiger partial charge in [0.25, 0.3) is 0 Å². The Balaban J connectivity index is 1.80. The first kappa shape index (κ1) is 18.1. The summed E-state index contributed by atoms with van der Waals surface area (Å²) in [5.74, 6) is 1.43. The van der Waals surface area contributed by atoms with E-state index in [-0.39, 0.29) is 5.41 Å². The van der Waals surface area contributed by atoms with Gasteiger partial charge in [0.1, 0.15) is 22.7 Å². The fourth-order valence-electron chi connectivity index (χ4n) is 3.13. The lowest BCUT2D eigenvalue weighted by Gasteiger charge is -2.22. The molecule has 0 aliphatic carbocycles. The third-order valence-corrected chi connectivity index (χ3v) is 4.68. The normalized spacial score (nSPS) is 12.9. The Morgan fingerprint density at radius 1 is 0.857 bits per heavy atom. The highest BCUT2D eigenvalue weighted by molar-refractivity contribution is 5.73. The van der Waals surface area contributed by atoms with Crippen LogP contribution >= 0.6 is 0 Å². The molecule has 146 valence electrons. The number of H-pyrrole nitrogens is 4. The molecule has 10 heteroatoms. The summed E-state index contributed by atoms with van der Waals surface area (Å²) in [5.41, 5.74) is 1.26. The van der Waals surface area contributed by atoms with Crippen LogP contribution in [0.4, 0.5) is 0 Å². The number of aromatic amines is 4.